The average Bonchev–Trinajstić information content (AvgIpc) is 2.82. The fourth-order valence-electron chi connectivity index (χ4n) is 2.07. The Labute approximate surface area is 124 Å². The number of halogens is 1. The van der Waals surface area contributed by atoms with Gasteiger partial charge in [0.25, 0.3) is 0 Å². The number of amides is 2. The number of nitrogens with one attached hydrogen (secondary N) is 1. The summed E-state index contributed by atoms with van der Waals surface area (Å²) in [4.78, 5) is 24.7. The Morgan fingerprint density at radius 1 is 1.40 bits per heavy atom. The van der Waals surface area contributed by atoms with E-state index in [1.54, 1.807) is 11.8 Å². The summed E-state index contributed by atoms with van der Waals surface area (Å²) in [5.74, 6) is 0.0109. The van der Waals surface area contributed by atoms with Crippen molar-refractivity contribution >= 4 is 29.9 Å². The zero-order valence-electron chi connectivity index (χ0n) is 11.5. The first-order chi connectivity index (χ1) is 9.08. The highest BCUT2D eigenvalue weighted by Gasteiger charge is 2.21. The molecule has 1 aliphatic heterocycles. The quantitative estimate of drug-likeness (QED) is 0.877. The van der Waals surface area contributed by atoms with Gasteiger partial charge in [0.15, 0.2) is 0 Å². The van der Waals surface area contributed by atoms with Crippen LogP contribution >= 0.6 is 12.4 Å². The van der Waals surface area contributed by atoms with Crippen molar-refractivity contribution in [3.63, 3.8) is 0 Å². The van der Waals surface area contributed by atoms with Crippen LogP contribution in [0.5, 0.6) is 0 Å². The van der Waals surface area contributed by atoms with E-state index in [-0.39, 0.29) is 24.2 Å². The Bertz CT molecular complexity index is 474. The van der Waals surface area contributed by atoms with Crippen LogP contribution in [0.2, 0.25) is 0 Å². The summed E-state index contributed by atoms with van der Waals surface area (Å²) in [6, 6.07) is 7.17. The molecule has 110 valence electrons. The fourth-order valence-corrected chi connectivity index (χ4v) is 2.07. The van der Waals surface area contributed by atoms with Gasteiger partial charge >= 0.3 is 0 Å². The van der Waals surface area contributed by atoms with Crippen LogP contribution in [0.4, 0.5) is 5.69 Å². The molecule has 1 fully saturated rings. The van der Waals surface area contributed by atoms with E-state index >= 15 is 0 Å². The summed E-state index contributed by atoms with van der Waals surface area (Å²) in [5, 5.41) is 2.75. The topological polar surface area (TPSA) is 75.4 Å². The van der Waals surface area contributed by atoms with Crippen molar-refractivity contribution in [1.82, 2.24) is 5.32 Å². The predicted molar refractivity (Wildman–Crippen MR) is 80.8 cm³/mol. The molecule has 0 aromatic heterocycles. The largest absolute Gasteiger partial charge is 0.351 e. The van der Waals surface area contributed by atoms with Gasteiger partial charge in [-0.05, 0) is 31.0 Å². The smallest absolute Gasteiger partial charge is 0.236 e. The zero-order valence-corrected chi connectivity index (χ0v) is 12.3. The molecule has 1 heterocycles. The Morgan fingerprint density at radius 3 is 2.55 bits per heavy atom. The molecule has 2 amide bonds. The van der Waals surface area contributed by atoms with Crippen molar-refractivity contribution in [3.8, 4) is 0 Å². The van der Waals surface area contributed by atoms with Gasteiger partial charge in [-0.2, -0.15) is 0 Å². The van der Waals surface area contributed by atoms with Crippen LogP contribution in [0.25, 0.3) is 0 Å². The minimum Gasteiger partial charge on any atom is -0.351 e. The van der Waals surface area contributed by atoms with Crippen LogP contribution in [-0.4, -0.2) is 24.4 Å². The molecule has 0 bridgehead atoms. The van der Waals surface area contributed by atoms with E-state index < -0.39 is 6.04 Å². The number of hydrogen-bond acceptors (Lipinski definition) is 3. The van der Waals surface area contributed by atoms with Crippen LogP contribution in [0.3, 0.4) is 0 Å². The number of anilines is 1. The van der Waals surface area contributed by atoms with Gasteiger partial charge in [0.2, 0.25) is 11.8 Å². The van der Waals surface area contributed by atoms with E-state index in [1.165, 1.54) is 0 Å². The van der Waals surface area contributed by atoms with Crippen LogP contribution in [0.15, 0.2) is 24.3 Å². The molecule has 0 unspecified atom stereocenters. The van der Waals surface area contributed by atoms with Gasteiger partial charge in [0.05, 0.1) is 6.04 Å². The summed E-state index contributed by atoms with van der Waals surface area (Å²) in [6.07, 6.45) is 1.55. The zero-order chi connectivity index (χ0) is 13.8. The van der Waals surface area contributed by atoms with E-state index in [0.717, 1.165) is 24.2 Å². The minimum absolute atomic E-state index is 0. The third kappa shape index (κ3) is 3.95. The van der Waals surface area contributed by atoms with Crippen molar-refractivity contribution in [2.45, 2.75) is 32.4 Å². The van der Waals surface area contributed by atoms with Crippen molar-refractivity contribution in [3.05, 3.63) is 29.8 Å². The van der Waals surface area contributed by atoms with E-state index in [9.17, 15) is 9.59 Å². The molecule has 1 aromatic rings. The molecule has 1 atom stereocenters. The van der Waals surface area contributed by atoms with Crippen LogP contribution in [-0.2, 0) is 16.1 Å². The van der Waals surface area contributed by atoms with Crippen LogP contribution in [0, 0.1) is 0 Å². The maximum Gasteiger partial charge on any atom is 0.236 e. The molecule has 0 aliphatic carbocycles. The monoisotopic (exact) mass is 297 g/mol. The van der Waals surface area contributed by atoms with Crippen molar-refractivity contribution in [2.75, 3.05) is 11.4 Å². The van der Waals surface area contributed by atoms with Gasteiger partial charge in [0.1, 0.15) is 0 Å². The molecule has 1 aliphatic rings. The maximum atomic E-state index is 11.6. The van der Waals surface area contributed by atoms with Gasteiger partial charge in [-0.3, -0.25) is 9.59 Å². The second-order valence-corrected chi connectivity index (χ2v) is 4.82. The number of benzene rings is 1. The lowest BCUT2D eigenvalue weighted by Gasteiger charge is -2.16. The number of nitrogens with zero attached hydrogens (tertiary/aromatic N) is 1. The first kappa shape index (κ1) is 16.5. The van der Waals surface area contributed by atoms with Gasteiger partial charge < -0.3 is 16.0 Å². The molecule has 3 N–H and O–H groups in total. The lowest BCUT2D eigenvalue weighted by Crippen LogP contribution is -2.37. The van der Waals surface area contributed by atoms with Gasteiger partial charge in [-0.25, -0.2) is 0 Å². The van der Waals surface area contributed by atoms with Crippen molar-refractivity contribution in [2.24, 2.45) is 5.73 Å². The summed E-state index contributed by atoms with van der Waals surface area (Å²) in [7, 11) is 0. The lowest BCUT2D eigenvalue weighted by molar-refractivity contribution is -0.122. The number of carbonyl (C=O) groups is 2. The fraction of sp³-hybridized carbons (Fsp3) is 0.429. The number of carbonyl (C=O) groups excluding carboxylic acids is 2. The van der Waals surface area contributed by atoms with Crippen LogP contribution < -0.4 is 16.0 Å². The summed E-state index contributed by atoms with van der Waals surface area (Å²) in [6.45, 7) is 2.89. The average molecular weight is 298 g/mol. The van der Waals surface area contributed by atoms with E-state index in [0.29, 0.717) is 13.0 Å². The van der Waals surface area contributed by atoms with E-state index in [4.69, 9.17) is 5.73 Å². The molecule has 0 saturated carbocycles. The number of rotatable bonds is 4. The van der Waals surface area contributed by atoms with Crippen LogP contribution in [0.1, 0.15) is 25.3 Å². The lowest BCUT2D eigenvalue weighted by atomic mass is 10.2. The molecule has 0 radical (unpaired) electrons. The second kappa shape index (κ2) is 7.26. The number of nitrogens with two attached hydrogens (primary N) is 1. The van der Waals surface area contributed by atoms with E-state index in [2.05, 4.69) is 5.32 Å². The van der Waals surface area contributed by atoms with Crippen molar-refractivity contribution < 1.29 is 9.59 Å². The second-order valence-electron chi connectivity index (χ2n) is 4.82. The molecule has 6 heteroatoms. The third-order valence-electron chi connectivity index (χ3n) is 3.20. The number of hydrogen-bond donors (Lipinski definition) is 2. The summed E-state index contributed by atoms with van der Waals surface area (Å²) >= 11 is 0. The van der Waals surface area contributed by atoms with E-state index in [1.807, 2.05) is 24.3 Å². The SMILES string of the molecule is C[C@@H](N)C(=O)NCc1ccc(N2CCCC2=O)cc1.Cl. The first-order valence-electron chi connectivity index (χ1n) is 6.50. The highest BCUT2D eigenvalue weighted by atomic mass is 35.5. The van der Waals surface area contributed by atoms with Crippen molar-refractivity contribution in [1.29, 1.82) is 0 Å². The standard InChI is InChI=1S/C14H19N3O2.ClH/c1-10(15)14(19)16-9-11-4-6-12(7-5-11)17-8-2-3-13(17)18;/h4-7,10H,2-3,8-9,15H2,1H3,(H,16,19);1H/t10-;/m1./s1. The molecule has 1 saturated heterocycles. The Balaban J connectivity index is 0.00000200. The van der Waals surface area contributed by atoms with Gasteiger partial charge in [0, 0.05) is 25.2 Å². The van der Waals surface area contributed by atoms with Gasteiger partial charge in [-0.15, -0.1) is 12.4 Å². The predicted octanol–water partition coefficient (Wildman–Crippen LogP) is 1.20. The van der Waals surface area contributed by atoms with Gasteiger partial charge in [-0.1, -0.05) is 12.1 Å². The molecule has 1 aromatic carbocycles. The summed E-state index contributed by atoms with van der Waals surface area (Å²) in [5.41, 5.74) is 7.38. The first-order valence-corrected chi connectivity index (χ1v) is 6.50. The molecule has 5 nitrogen and oxygen atoms in total. The Kier molecular flexibility index (Phi) is 5.98. The Morgan fingerprint density at radius 2 is 2.05 bits per heavy atom. The Hall–Kier alpha value is -1.59. The normalized spacial score (nSPS) is 15.7. The highest BCUT2D eigenvalue weighted by Crippen LogP contribution is 2.21. The highest BCUT2D eigenvalue weighted by molar-refractivity contribution is 5.95. The minimum atomic E-state index is -0.499. The molecule has 20 heavy (non-hydrogen) atoms. The molecular formula is C14H20ClN3O2. The molecular weight excluding hydrogens is 278 g/mol. The summed E-state index contributed by atoms with van der Waals surface area (Å²) < 4.78 is 0. The molecule has 0 spiro atoms. The third-order valence-corrected chi connectivity index (χ3v) is 3.20. The maximum absolute atomic E-state index is 11.6. The molecule has 2 rings (SSSR count).